The van der Waals surface area contributed by atoms with Gasteiger partial charge in [0, 0.05) is 16.3 Å². The molecule has 0 spiro atoms. The zero-order chi connectivity index (χ0) is 18.7. The highest BCUT2D eigenvalue weighted by molar-refractivity contribution is 6.05. The predicted molar refractivity (Wildman–Crippen MR) is 103 cm³/mol. The van der Waals surface area contributed by atoms with Crippen LogP contribution in [0.25, 0.3) is 21.5 Å². The maximum Gasteiger partial charge on any atom is 0.333 e. The molecule has 1 unspecified atom stereocenters. The van der Waals surface area contributed by atoms with E-state index in [-0.39, 0.29) is 18.8 Å². The number of carbonyl (C=O) groups excluding carboxylic acids is 1. The van der Waals surface area contributed by atoms with Gasteiger partial charge in [0.15, 0.2) is 6.10 Å². The van der Waals surface area contributed by atoms with Gasteiger partial charge in [-0.05, 0) is 30.7 Å². The number of aliphatic hydroxyl groups is 1. The summed E-state index contributed by atoms with van der Waals surface area (Å²) in [4.78, 5) is 11.7. The van der Waals surface area contributed by atoms with Crippen LogP contribution in [-0.2, 0) is 9.53 Å². The molecule has 3 rings (SSSR count). The van der Waals surface area contributed by atoms with Crippen molar-refractivity contribution < 1.29 is 19.4 Å². The zero-order valence-corrected chi connectivity index (χ0v) is 15.0. The Kier molecular flexibility index (Phi) is 5.24. The lowest BCUT2D eigenvalue weighted by molar-refractivity contribution is -0.147. The van der Waals surface area contributed by atoms with E-state index < -0.39 is 12.1 Å². The van der Waals surface area contributed by atoms with E-state index in [0.29, 0.717) is 0 Å². The topological polar surface area (TPSA) is 55.8 Å². The van der Waals surface area contributed by atoms with E-state index in [2.05, 4.69) is 18.7 Å². The summed E-state index contributed by atoms with van der Waals surface area (Å²) in [5.74, 6) is 0.189. The van der Waals surface area contributed by atoms with Crippen LogP contribution in [0.3, 0.4) is 0 Å². The van der Waals surface area contributed by atoms with Crippen molar-refractivity contribution in [2.45, 2.75) is 20.0 Å². The molecule has 1 atom stereocenters. The molecule has 0 bridgehead atoms. The lowest BCUT2D eigenvalue weighted by Gasteiger charge is -2.19. The largest absolute Gasteiger partial charge is 0.488 e. The Morgan fingerprint density at radius 1 is 1.12 bits per heavy atom. The first kappa shape index (κ1) is 18.0. The number of carbonyl (C=O) groups is 1. The Morgan fingerprint density at radius 3 is 2.58 bits per heavy atom. The fraction of sp³-hybridized carbons (Fsp3) is 0.227. The van der Waals surface area contributed by atoms with Gasteiger partial charge < -0.3 is 14.6 Å². The van der Waals surface area contributed by atoms with Crippen molar-refractivity contribution in [3.05, 3.63) is 66.2 Å². The fourth-order valence-corrected chi connectivity index (χ4v) is 2.86. The molecule has 4 nitrogen and oxygen atoms in total. The molecule has 1 N–H and O–H groups in total. The molecule has 0 fully saturated rings. The molecule has 0 amide bonds. The molecule has 0 radical (unpaired) electrons. The molecule has 3 aromatic rings. The van der Waals surface area contributed by atoms with Crippen molar-refractivity contribution in [1.82, 2.24) is 0 Å². The van der Waals surface area contributed by atoms with Crippen LogP contribution in [0.4, 0.5) is 0 Å². The number of benzene rings is 3. The van der Waals surface area contributed by atoms with E-state index in [1.54, 1.807) is 6.92 Å². The number of aryl methyl sites for hydroxylation is 1. The molecule has 0 aromatic heterocycles. The summed E-state index contributed by atoms with van der Waals surface area (Å²) in [7, 11) is 0. The highest BCUT2D eigenvalue weighted by atomic mass is 16.6. The minimum absolute atomic E-state index is 0.0620. The highest BCUT2D eigenvalue weighted by Gasteiger charge is 2.17. The van der Waals surface area contributed by atoms with Crippen molar-refractivity contribution in [3.63, 3.8) is 0 Å². The van der Waals surface area contributed by atoms with Crippen LogP contribution in [0, 0.1) is 6.92 Å². The third kappa shape index (κ3) is 3.70. The molecule has 0 saturated heterocycles. The van der Waals surface area contributed by atoms with Gasteiger partial charge in [-0.25, -0.2) is 4.79 Å². The second-order valence-corrected chi connectivity index (χ2v) is 6.45. The van der Waals surface area contributed by atoms with Crippen molar-refractivity contribution >= 4 is 27.5 Å². The molecule has 0 aliphatic heterocycles. The number of ether oxygens (including phenoxy) is 2. The van der Waals surface area contributed by atoms with Gasteiger partial charge in [-0.15, -0.1) is 0 Å². The summed E-state index contributed by atoms with van der Waals surface area (Å²) in [6.45, 7) is 6.91. The van der Waals surface area contributed by atoms with E-state index in [9.17, 15) is 9.90 Å². The summed E-state index contributed by atoms with van der Waals surface area (Å²) in [5.41, 5.74) is 1.46. The minimum Gasteiger partial charge on any atom is -0.488 e. The summed E-state index contributed by atoms with van der Waals surface area (Å²) >= 11 is 0. The minimum atomic E-state index is -0.751. The quantitative estimate of drug-likeness (QED) is 0.412. The maximum absolute atomic E-state index is 11.7. The number of esters is 1. The Bertz CT molecular complexity index is 974. The third-order valence-electron chi connectivity index (χ3n) is 4.21. The van der Waals surface area contributed by atoms with Gasteiger partial charge in [-0.3, -0.25) is 0 Å². The summed E-state index contributed by atoms with van der Waals surface area (Å²) in [5, 5.41) is 13.6. The lowest BCUT2D eigenvalue weighted by Crippen LogP contribution is -2.28. The SMILES string of the molecule is C=C(C)C(=O)OC(CO)COc1c2ccccc2cc2cc(C)ccc12. The first-order chi connectivity index (χ1) is 12.5. The molecule has 0 heterocycles. The van der Waals surface area contributed by atoms with E-state index >= 15 is 0 Å². The van der Waals surface area contributed by atoms with Crippen molar-refractivity contribution in [2.75, 3.05) is 13.2 Å². The van der Waals surface area contributed by atoms with E-state index in [1.807, 2.05) is 43.3 Å². The molecule has 0 aliphatic rings. The van der Waals surface area contributed by atoms with E-state index in [1.165, 1.54) is 5.56 Å². The Morgan fingerprint density at radius 2 is 1.85 bits per heavy atom. The van der Waals surface area contributed by atoms with E-state index in [0.717, 1.165) is 27.3 Å². The average Bonchev–Trinajstić information content (AvgIpc) is 2.63. The Hall–Kier alpha value is -2.85. The van der Waals surface area contributed by atoms with Gasteiger partial charge >= 0.3 is 5.97 Å². The van der Waals surface area contributed by atoms with Crippen molar-refractivity contribution in [1.29, 1.82) is 0 Å². The molecule has 134 valence electrons. The van der Waals surface area contributed by atoms with Crippen LogP contribution >= 0.6 is 0 Å². The van der Waals surface area contributed by atoms with Crippen molar-refractivity contribution in [2.24, 2.45) is 0 Å². The van der Waals surface area contributed by atoms with Gasteiger partial charge in [0.1, 0.15) is 12.4 Å². The van der Waals surface area contributed by atoms with Gasteiger partial charge in [-0.1, -0.05) is 54.6 Å². The number of aliphatic hydroxyl groups excluding tert-OH is 1. The summed E-state index contributed by atoms with van der Waals surface area (Å²) < 4.78 is 11.3. The molecule has 0 aliphatic carbocycles. The number of hydrogen-bond acceptors (Lipinski definition) is 4. The normalized spacial score (nSPS) is 12.1. The Balaban J connectivity index is 1.97. The highest BCUT2D eigenvalue weighted by Crippen LogP contribution is 2.35. The van der Waals surface area contributed by atoms with Crippen LogP contribution in [0.5, 0.6) is 5.75 Å². The summed E-state index contributed by atoms with van der Waals surface area (Å²) in [6.07, 6.45) is -0.751. The molecular formula is C22H22O4. The first-order valence-electron chi connectivity index (χ1n) is 8.52. The second kappa shape index (κ2) is 7.58. The third-order valence-corrected chi connectivity index (χ3v) is 4.21. The molecule has 26 heavy (non-hydrogen) atoms. The molecular weight excluding hydrogens is 328 g/mol. The maximum atomic E-state index is 11.7. The van der Waals surface area contributed by atoms with Gasteiger partial charge in [-0.2, -0.15) is 0 Å². The van der Waals surface area contributed by atoms with Gasteiger partial charge in [0.2, 0.25) is 0 Å². The number of fused-ring (bicyclic) bond motifs is 2. The number of rotatable bonds is 6. The monoisotopic (exact) mass is 350 g/mol. The van der Waals surface area contributed by atoms with Crippen LogP contribution in [0.2, 0.25) is 0 Å². The first-order valence-corrected chi connectivity index (χ1v) is 8.52. The van der Waals surface area contributed by atoms with Crippen LogP contribution in [-0.4, -0.2) is 30.4 Å². The van der Waals surface area contributed by atoms with Gasteiger partial charge in [0.05, 0.1) is 6.61 Å². The molecule has 3 aromatic carbocycles. The Labute approximate surface area is 152 Å². The smallest absolute Gasteiger partial charge is 0.333 e. The molecule has 4 heteroatoms. The predicted octanol–water partition coefficient (Wildman–Crippen LogP) is 4.16. The standard InChI is InChI=1S/C22H22O4/c1-14(2)22(24)26-18(12-23)13-25-21-19-7-5-4-6-16(19)11-17-10-15(3)8-9-20(17)21/h4-11,18,23H,1,12-13H2,2-3H3. The van der Waals surface area contributed by atoms with Gasteiger partial charge in [0.25, 0.3) is 0 Å². The lowest BCUT2D eigenvalue weighted by atomic mass is 10.0. The van der Waals surface area contributed by atoms with Crippen molar-refractivity contribution in [3.8, 4) is 5.75 Å². The fourth-order valence-electron chi connectivity index (χ4n) is 2.86. The second-order valence-electron chi connectivity index (χ2n) is 6.45. The van der Waals surface area contributed by atoms with Crippen LogP contribution in [0.1, 0.15) is 12.5 Å². The number of hydrogen-bond donors (Lipinski definition) is 1. The van der Waals surface area contributed by atoms with Crippen LogP contribution in [0.15, 0.2) is 60.7 Å². The average molecular weight is 350 g/mol. The van der Waals surface area contributed by atoms with Crippen LogP contribution < -0.4 is 4.74 Å². The molecule has 0 saturated carbocycles. The van der Waals surface area contributed by atoms with E-state index in [4.69, 9.17) is 9.47 Å². The zero-order valence-electron chi connectivity index (χ0n) is 15.0. The summed E-state index contributed by atoms with van der Waals surface area (Å²) in [6, 6.07) is 16.3.